The van der Waals surface area contributed by atoms with E-state index in [1.165, 1.54) is 0 Å². The van der Waals surface area contributed by atoms with Gasteiger partial charge < -0.3 is 15.7 Å². The molecule has 3 N–H and O–H groups in total. The molecule has 0 aliphatic heterocycles. The Labute approximate surface area is 97.8 Å². The third kappa shape index (κ3) is 3.19. The minimum atomic E-state index is -0.0169. The van der Waals surface area contributed by atoms with Crippen molar-refractivity contribution < 1.29 is 9.90 Å². The van der Waals surface area contributed by atoms with E-state index in [-0.39, 0.29) is 24.0 Å². The highest BCUT2D eigenvalue weighted by Crippen LogP contribution is 2.37. The van der Waals surface area contributed by atoms with Gasteiger partial charge in [-0.3, -0.25) is 4.79 Å². The fraction of sp³-hybridized carbons (Fsp3) is 0.917. The van der Waals surface area contributed by atoms with Crippen molar-refractivity contribution >= 4 is 5.91 Å². The zero-order valence-corrected chi connectivity index (χ0v) is 10.5. The highest BCUT2D eigenvalue weighted by molar-refractivity contribution is 5.76. The first-order valence-electron chi connectivity index (χ1n) is 6.09. The molecule has 1 saturated carbocycles. The molecule has 0 aromatic carbocycles. The number of carbonyl (C=O) groups is 1. The van der Waals surface area contributed by atoms with Gasteiger partial charge in [-0.25, -0.2) is 0 Å². The maximum absolute atomic E-state index is 11.2. The molecule has 1 aliphatic carbocycles. The van der Waals surface area contributed by atoms with E-state index in [0.29, 0.717) is 12.5 Å². The zero-order valence-electron chi connectivity index (χ0n) is 10.5. The van der Waals surface area contributed by atoms with Crippen molar-refractivity contribution in [2.75, 3.05) is 13.7 Å². The fourth-order valence-electron chi connectivity index (χ4n) is 2.49. The second-order valence-electron chi connectivity index (χ2n) is 5.20. The van der Waals surface area contributed by atoms with Crippen molar-refractivity contribution in [3.8, 4) is 0 Å². The van der Waals surface area contributed by atoms with Gasteiger partial charge in [-0.2, -0.15) is 0 Å². The van der Waals surface area contributed by atoms with Crippen LogP contribution in [0.2, 0.25) is 0 Å². The molecule has 0 spiro atoms. The van der Waals surface area contributed by atoms with Crippen molar-refractivity contribution in [3.63, 3.8) is 0 Å². The predicted molar refractivity (Wildman–Crippen MR) is 64.1 cm³/mol. The van der Waals surface area contributed by atoms with Crippen LogP contribution in [0.5, 0.6) is 0 Å². The van der Waals surface area contributed by atoms with Crippen molar-refractivity contribution in [1.29, 1.82) is 0 Å². The third-order valence-corrected chi connectivity index (χ3v) is 3.70. The Balaban J connectivity index is 2.44. The summed E-state index contributed by atoms with van der Waals surface area (Å²) in [6.45, 7) is 4.35. The molecule has 0 aromatic heterocycles. The van der Waals surface area contributed by atoms with Crippen LogP contribution < -0.4 is 10.6 Å². The van der Waals surface area contributed by atoms with E-state index < -0.39 is 0 Å². The highest BCUT2D eigenvalue weighted by atomic mass is 16.3. The topological polar surface area (TPSA) is 61.4 Å². The number of nitrogens with one attached hydrogen (secondary N) is 2. The third-order valence-electron chi connectivity index (χ3n) is 3.70. The molecule has 16 heavy (non-hydrogen) atoms. The molecule has 1 fully saturated rings. The van der Waals surface area contributed by atoms with Gasteiger partial charge in [0, 0.05) is 37.6 Å². The first-order chi connectivity index (χ1) is 7.51. The average Bonchev–Trinajstić information content (AvgIpc) is 2.61. The summed E-state index contributed by atoms with van der Waals surface area (Å²) in [5.74, 6) is 0.0590. The van der Waals surface area contributed by atoms with Gasteiger partial charge in [0.05, 0.1) is 0 Å². The second kappa shape index (κ2) is 5.64. The number of aliphatic hydroxyl groups excluding tert-OH is 1. The van der Waals surface area contributed by atoms with Gasteiger partial charge >= 0.3 is 0 Å². The summed E-state index contributed by atoms with van der Waals surface area (Å²) >= 11 is 0. The van der Waals surface area contributed by atoms with Crippen LogP contribution in [0.3, 0.4) is 0 Å². The Bertz CT molecular complexity index is 245. The van der Waals surface area contributed by atoms with Crippen molar-refractivity contribution in [2.24, 2.45) is 5.41 Å². The minimum absolute atomic E-state index is 0.0169. The van der Waals surface area contributed by atoms with Crippen LogP contribution in [0.1, 0.15) is 39.5 Å². The average molecular weight is 228 g/mol. The lowest BCUT2D eigenvalue weighted by molar-refractivity contribution is -0.121. The molecule has 0 aromatic rings. The van der Waals surface area contributed by atoms with Gasteiger partial charge in [-0.1, -0.05) is 13.3 Å². The number of aliphatic hydroxyl groups is 1. The van der Waals surface area contributed by atoms with Crippen LogP contribution in [0, 0.1) is 5.41 Å². The predicted octanol–water partition coefficient (Wildman–Crippen LogP) is 0.652. The Morgan fingerprint density at radius 3 is 2.88 bits per heavy atom. The molecule has 1 aliphatic rings. The number of carbonyl (C=O) groups excluding carboxylic acids is 1. The van der Waals surface area contributed by atoms with Crippen LogP contribution in [0.15, 0.2) is 0 Å². The summed E-state index contributed by atoms with van der Waals surface area (Å²) in [5.41, 5.74) is -0.0169. The monoisotopic (exact) mass is 228 g/mol. The minimum Gasteiger partial charge on any atom is -0.396 e. The highest BCUT2D eigenvalue weighted by Gasteiger charge is 2.38. The number of amides is 1. The summed E-state index contributed by atoms with van der Waals surface area (Å²) in [6, 6.07) is 0.492. The second-order valence-corrected chi connectivity index (χ2v) is 5.20. The summed E-state index contributed by atoms with van der Waals surface area (Å²) < 4.78 is 0. The van der Waals surface area contributed by atoms with Gasteiger partial charge in [-0.15, -0.1) is 0 Å². The molecule has 4 nitrogen and oxygen atoms in total. The van der Waals surface area contributed by atoms with E-state index in [1.807, 2.05) is 6.92 Å². The van der Waals surface area contributed by atoms with Gasteiger partial charge in [0.1, 0.15) is 0 Å². The molecular weight excluding hydrogens is 204 g/mol. The molecule has 0 bridgehead atoms. The molecule has 0 saturated heterocycles. The van der Waals surface area contributed by atoms with E-state index in [4.69, 9.17) is 0 Å². The maximum Gasteiger partial charge on any atom is 0.221 e. The van der Waals surface area contributed by atoms with Crippen LogP contribution in [0.4, 0.5) is 0 Å². The summed E-state index contributed by atoms with van der Waals surface area (Å²) in [6.07, 6.45) is 3.80. The smallest absolute Gasteiger partial charge is 0.221 e. The molecular formula is C12H24N2O2. The molecule has 1 amide bonds. The van der Waals surface area contributed by atoms with Crippen LogP contribution in [-0.2, 0) is 4.79 Å². The zero-order chi connectivity index (χ0) is 12.2. The van der Waals surface area contributed by atoms with Gasteiger partial charge in [0.25, 0.3) is 0 Å². The quantitative estimate of drug-likeness (QED) is 0.647. The Morgan fingerprint density at radius 1 is 1.62 bits per heavy atom. The normalized spacial score (nSPS) is 31.4. The van der Waals surface area contributed by atoms with E-state index in [2.05, 4.69) is 17.6 Å². The molecule has 0 radical (unpaired) electrons. The van der Waals surface area contributed by atoms with Gasteiger partial charge in [0.2, 0.25) is 5.91 Å². The standard InChI is InChI=1S/C12H24N2O2/c1-9(7-11(16)13-3)14-10-5-4-6-12(10,2)8-15/h9-10,14-15H,4-8H2,1-3H3,(H,13,16). The van der Waals surface area contributed by atoms with Crippen molar-refractivity contribution in [3.05, 3.63) is 0 Å². The van der Waals surface area contributed by atoms with Crippen LogP contribution in [0.25, 0.3) is 0 Å². The first-order valence-corrected chi connectivity index (χ1v) is 6.09. The SMILES string of the molecule is CNC(=O)CC(C)NC1CCCC1(C)CO. The summed E-state index contributed by atoms with van der Waals surface area (Å²) in [7, 11) is 1.66. The fourth-order valence-corrected chi connectivity index (χ4v) is 2.49. The Hall–Kier alpha value is -0.610. The number of rotatable bonds is 5. The Kier molecular flexibility index (Phi) is 4.74. The largest absolute Gasteiger partial charge is 0.396 e. The van der Waals surface area contributed by atoms with E-state index in [0.717, 1.165) is 19.3 Å². The van der Waals surface area contributed by atoms with Crippen LogP contribution in [-0.4, -0.2) is 36.8 Å². The molecule has 0 heterocycles. The summed E-state index contributed by atoms with van der Waals surface area (Å²) in [4.78, 5) is 11.2. The van der Waals surface area contributed by atoms with Crippen molar-refractivity contribution in [2.45, 2.75) is 51.6 Å². The first kappa shape index (κ1) is 13.5. The number of hydrogen-bond acceptors (Lipinski definition) is 3. The number of hydrogen-bond donors (Lipinski definition) is 3. The van der Waals surface area contributed by atoms with Gasteiger partial charge in [0.15, 0.2) is 0 Å². The van der Waals surface area contributed by atoms with Crippen LogP contribution >= 0.6 is 0 Å². The van der Waals surface area contributed by atoms with Crippen molar-refractivity contribution in [1.82, 2.24) is 10.6 Å². The lowest BCUT2D eigenvalue weighted by atomic mass is 9.85. The molecule has 3 unspecified atom stereocenters. The lowest BCUT2D eigenvalue weighted by Gasteiger charge is -2.32. The van der Waals surface area contributed by atoms with E-state index in [9.17, 15) is 9.90 Å². The molecule has 3 atom stereocenters. The summed E-state index contributed by atoms with van der Waals surface area (Å²) in [5, 5.41) is 15.5. The Morgan fingerprint density at radius 2 is 2.31 bits per heavy atom. The van der Waals surface area contributed by atoms with Gasteiger partial charge in [-0.05, 0) is 19.8 Å². The van der Waals surface area contributed by atoms with E-state index in [1.54, 1.807) is 7.05 Å². The molecule has 4 heteroatoms. The van der Waals surface area contributed by atoms with E-state index >= 15 is 0 Å². The molecule has 94 valence electrons. The lowest BCUT2D eigenvalue weighted by Crippen LogP contribution is -2.46. The molecule has 1 rings (SSSR count). The maximum atomic E-state index is 11.2.